The van der Waals surface area contributed by atoms with Gasteiger partial charge in [-0.3, -0.25) is 4.79 Å². The predicted molar refractivity (Wildman–Crippen MR) is 127 cm³/mol. The van der Waals surface area contributed by atoms with E-state index in [0.717, 1.165) is 11.4 Å². The molecule has 9 nitrogen and oxygen atoms in total. The highest BCUT2D eigenvalue weighted by Crippen LogP contribution is 2.32. The Morgan fingerprint density at radius 1 is 1.22 bits per heavy atom. The quantitative estimate of drug-likeness (QED) is 0.329. The number of nitrogens with one attached hydrogen (secondary N) is 2. The topological polar surface area (TPSA) is 107 Å². The van der Waals surface area contributed by atoms with Gasteiger partial charge in [0.25, 0.3) is 0 Å². The number of anilines is 3. The molecule has 4 rings (SSSR count). The van der Waals surface area contributed by atoms with Crippen LogP contribution < -0.4 is 15.4 Å². The van der Waals surface area contributed by atoms with Crippen molar-refractivity contribution in [3.8, 4) is 11.4 Å². The second-order valence-corrected chi connectivity index (χ2v) is 8.90. The molecule has 0 aliphatic rings. The van der Waals surface area contributed by atoms with Crippen molar-refractivity contribution in [2.24, 2.45) is 0 Å². The Kier molecular flexibility index (Phi) is 7.20. The van der Waals surface area contributed by atoms with Gasteiger partial charge in [-0.15, -0.1) is 10.2 Å². The molecule has 0 fully saturated rings. The molecule has 0 spiro atoms. The second kappa shape index (κ2) is 10.4. The van der Waals surface area contributed by atoms with E-state index in [-0.39, 0.29) is 11.7 Å². The summed E-state index contributed by atoms with van der Waals surface area (Å²) in [5.41, 5.74) is 2.02. The van der Waals surface area contributed by atoms with Crippen molar-refractivity contribution in [3.05, 3.63) is 60.1 Å². The van der Waals surface area contributed by atoms with Crippen molar-refractivity contribution >= 4 is 57.1 Å². The van der Waals surface area contributed by atoms with E-state index in [1.54, 1.807) is 29.2 Å². The summed E-state index contributed by atoms with van der Waals surface area (Å²) in [6, 6.07) is 12.8. The molecule has 2 heterocycles. The Morgan fingerprint density at radius 3 is 2.91 bits per heavy atom. The number of ether oxygens (including phenoxy) is 1. The lowest BCUT2D eigenvalue weighted by Gasteiger charge is -2.11. The maximum absolute atomic E-state index is 12.5. The minimum Gasteiger partial charge on any atom is -0.492 e. The molecule has 2 aromatic carbocycles. The zero-order valence-corrected chi connectivity index (χ0v) is 19.2. The van der Waals surface area contributed by atoms with Gasteiger partial charge in [0, 0.05) is 5.02 Å². The van der Waals surface area contributed by atoms with Gasteiger partial charge in [-0.2, -0.15) is 5.10 Å². The van der Waals surface area contributed by atoms with Crippen LogP contribution in [0.4, 0.5) is 16.5 Å². The van der Waals surface area contributed by atoms with Crippen LogP contribution in [0.5, 0.6) is 5.75 Å². The van der Waals surface area contributed by atoms with E-state index in [1.807, 2.05) is 31.2 Å². The van der Waals surface area contributed by atoms with Crippen molar-refractivity contribution in [1.82, 2.24) is 25.0 Å². The van der Waals surface area contributed by atoms with Crippen molar-refractivity contribution in [2.75, 3.05) is 23.0 Å². The number of nitrogens with zero attached hydrogens (tertiary/aromatic N) is 5. The largest absolute Gasteiger partial charge is 0.492 e. The number of amides is 1. The predicted octanol–water partition coefficient (Wildman–Crippen LogP) is 4.65. The third-order valence-corrected chi connectivity index (χ3v) is 6.27. The minimum absolute atomic E-state index is 0.160. The minimum atomic E-state index is -0.204. The number of hydrogen-bond donors (Lipinski definition) is 2. The van der Waals surface area contributed by atoms with Crippen LogP contribution in [0.2, 0.25) is 5.02 Å². The van der Waals surface area contributed by atoms with Crippen LogP contribution in [0.25, 0.3) is 5.69 Å². The van der Waals surface area contributed by atoms with E-state index >= 15 is 0 Å². The lowest BCUT2D eigenvalue weighted by Crippen LogP contribution is -2.16. The number of carbonyl (C=O) groups excluding carboxylic acids is 1. The number of rotatable bonds is 9. The molecule has 164 valence electrons. The summed E-state index contributed by atoms with van der Waals surface area (Å²) in [4.78, 5) is 16.5. The molecular formula is C20H18ClN7O2S2. The molecular weight excluding hydrogens is 470 g/mol. The lowest BCUT2D eigenvalue weighted by molar-refractivity contribution is -0.113. The molecule has 12 heteroatoms. The number of thioether (sulfide) groups is 1. The number of para-hydroxylation sites is 2. The Morgan fingerprint density at radius 2 is 2.09 bits per heavy atom. The smallest absolute Gasteiger partial charge is 0.234 e. The van der Waals surface area contributed by atoms with Crippen LogP contribution in [-0.2, 0) is 4.79 Å². The van der Waals surface area contributed by atoms with Crippen LogP contribution >= 0.6 is 34.7 Å². The van der Waals surface area contributed by atoms with Crippen molar-refractivity contribution in [2.45, 2.75) is 11.3 Å². The van der Waals surface area contributed by atoms with E-state index in [0.29, 0.717) is 32.5 Å². The molecule has 0 aliphatic carbocycles. The number of benzene rings is 2. The van der Waals surface area contributed by atoms with Crippen molar-refractivity contribution in [3.63, 3.8) is 0 Å². The molecule has 0 unspecified atom stereocenters. The fourth-order valence-corrected chi connectivity index (χ4v) is 4.48. The molecule has 2 N–H and O–H groups in total. The summed E-state index contributed by atoms with van der Waals surface area (Å²) in [5.74, 6) is 0.696. The van der Waals surface area contributed by atoms with Gasteiger partial charge >= 0.3 is 0 Å². The molecule has 0 saturated carbocycles. The Labute approximate surface area is 197 Å². The highest BCUT2D eigenvalue weighted by Gasteiger charge is 2.13. The average Bonchev–Trinajstić information content (AvgIpc) is 3.46. The van der Waals surface area contributed by atoms with Gasteiger partial charge in [-0.25, -0.2) is 9.67 Å². The summed E-state index contributed by atoms with van der Waals surface area (Å²) in [6.45, 7) is 2.50. The van der Waals surface area contributed by atoms with Gasteiger partial charge in [-0.1, -0.05) is 46.8 Å². The molecule has 0 radical (unpaired) electrons. The molecule has 1 amide bonds. The third kappa shape index (κ3) is 5.55. The normalized spacial score (nSPS) is 10.7. The first-order valence-corrected chi connectivity index (χ1v) is 11.7. The highest BCUT2D eigenvalue weighted by molar-refractivity contribution is 8.01. The molecule has 2 aromatic heterocycles. The molecule has 0 aliphatic heterocycles. The van der Waals surface area contributed by atoms with Gasteiger partial charge in [0.2, 0.25) is 11.0 Å². The number of halogens is 1. The number of aromatic nitrogens is 5. The summed E-state index contributed by atoms with van der Waals surface area (Å²) in [7, 11) is 0. The van der Waals surface area contributed by atoms with Gasteiger partial charge in [0.15, 0.2) is 4.34 Å². The van der Waals surface area contributed by atoms with E-state index in [2.05, 4.69) is 30.9 Å². The van der Waals surface area contributed by atoms with Crippen LogP contribution in [-0.4, -0.2) is 43.2 Å². The van der Waals surface area contributed by atoms with Crippen molar-refractivity contribution < 1.29 is 9.53 Å². The van der Waals surface area contributed by atoms with Gasteiger partial charge in [-0.05, 0) is 37.3 Å². The molecule has 32 heavy (non-hydrogen) atoms. The number of hydrogen-bond acceptors (Lipinski definition) is 9. The zero-order chi connectivity index (χ0) is 22.3. The SMILES string of the molecule is CCOc1ccccc1Nc1nnc(SCC(=O)Nc2cc(Cl)ccc2-n2cncn2)s1. The van der Waals surface area contributed by atoms with E-state index in [9.17, 15) is 4.79 Å². The van der Waals surface area contributed by atoms with Gasteiger partial charge < -0.3 is 15.4 Å². The average molecular weight is 488 g/mol. The van der Waals surface area contributed by atoms with Gasteiger partial charge in [0.1, 0.15) is 18.4 Å². The first kappa shape index (κ1) is 22.1. The lowest BCUT2D eigenvalue weighted by atomic mass is 10.2. The summed E-state index contributed by atoms with van der Waals surface area (Å²) in [5, 5.41) is 19.6. The Balaban J connectivity index is 1.37. The zero-order valence-electron chi connectivity index (χ0n) is 16.9. The van der Waals surface area contributed by atoms with Crippen molar-refractivity contribution in [1.29, 1.82) is 0 Å². The molecule has 0 atom stereocenters. The fourth-order valence-electron chi connectivity index (χ4n) is 2.74. The summed E-state index contributed by atoms with van der Waals surface area (Å²) < 4.78 is 7.84. The first-order chi connectivity index (χ1) is 15.6. The summed E-state index contributed by atoms with van der Waals surface area (Å²) >= 11 is 8.75. The maximum Gasteiger partial charge on any atom is 0.234 e. The molecule has 0 bridgehead atoms. The summed E-state index contributed by atoms with van der Waals surface area (Å²) in [6.07, 6.45) is 2.97. The number of carbonyl (C=O) groups is 1. The fraction of sp³-hybridized carbons (Fsp3) is 0.150. The van der Waals surface area contributed by atoms with Crippen LogP contribution in [0.3, 0.4) is 0 Å². The first-order valence-electron chi connectivity index (χ1n) is 9.52. The van der Waals surface area contributed by atoms with Gasteiger partial charge in [0.05, 0.1) is 29.4 Å². The van der Waals surface area contributed by atoms with E-state index in [1.165, 1.54) is 29.4 Å². The highest BCUT2D eigenvalue weighted by atomic mass is 35.5. The Hall–Kier alpha value is -3.15. The van der Waals surface area contributed by atoms with E-state index in [4.69, 9.17) is 16.3 Å². The maximum atomic E-state index is 12.5. The van der Waals surface area contributed by atoms with Crippen LogP contribution in [0.1, 0.15) is 6.92 Å². The Bertz CT molecular complexity index is 1200. The second-order valence-electron chi connectivity index (χ2n) is 6.27. The monoisotopic (exact) mass is 487 g/mol. The standard InChI is InChI=1S/C20H18ClN7O2S2/c1-2-30-17-6-4-3-5-14(17)25-19-26-27-20(32-19)31-10-18(29)24-15-9-13(21)7-8-16(15)28-12-22-11-23-28/h3-9,11-12H,2,10H2,1H3,(H,24,29)(H,25,26). The molecule has 4 aromatic rings. The van der Waals surface area contributed by atoms with Crippen LogP contribution in [0.15, 0.2) is 59.5 Å². The van der Waals surface area contributed by atoms with Crippen LogP contribution in [0, 0.1) is 0 Å². The third-order valence-electron chi connectivity index (χ3n) is 4.06. The van der Waals surface area contributed by atoms with E-state index < -0.39 is 0 Å². The molecule has 0 saturated heterocycles.